The Morgan fingerprint density at radius 1 is 1.36 bits per heavy atom. The Kier molecular flexibility index (Phi) is 5.81. The lowest BCUT2D eigenvalue weighted by Crippen LogP contribution is -2.45. The number of aryl methyl sites for hydroxylation is 1. The van der Waals surface area contributed by atoms with Gasteiger partial charge in [0.1, 0.15) is 0 Å². The molecular formula is C17H20Cl2N4O2. The molecule has 0 aliphatic carbocycles. The minimum Gasteiger partial charge on any atom is -0.339 e. The van der Waals surface area contributed by atoms with Crippen molar-refractivity contribution < 1.29 is 9.32 Å². The van der Waals surface area contributed by atoms with E-state index in [4.69, 9.17) is 27.7 Å². The fourth-order valence-corrected chi connectivity index (χ4v) is 3.59. The van der Waals surface area contributed by atoms with Gasteiger partial charge in [0.25, 0.3) is 0 Å². The summed E-state index contributed by atoms with van der Waals surface area (Å²) in [6.45, 7) is 3.65. The zero-order chi connectivity index (χ0) is 17.8. The number of carbonyl (C=O) groups excluding carboxylic acids is 1. The molecule has 1 aliphatic heterocycles. The number of aromatic nitrogens is 2. The molecule has 1 fully saturated rings. The largest absolute Gasteiger partial charge is 0.339 e. The van der Waals surface area contributed by atoms with Crippen molar-refractivity contribution in [2.45, 2.75) is 32.1 Å². The number of hydrogen-bond donors (Lipinski definition) is 1. The maximum Gasteiger partial charge on any atom is 0.317 e. The summed E-state index contributed by atoms with van der Waals surface area (Å²) in [4.78, 5) is 18.5. The monoisotopic (exact) mass is 382 g/mol. The van der Waals surface area contributed by atoms with Crippen LogP contribution in [0.5, 0.6) is 0 Å². The molecule has 2 heterocycles. The van der Waals surface area contributed by atoms with Crippen molar-refractivity contribution in [1.82, 2.24) is 20.4 Å². The molecule has 134 valence electrons. The van der Waals surface area contributed by atoms with Crippen LogP contribution in [0.25, 0.3) is 0 Å². The first-order valence-electron chi connectivity index (χ1n) is 8.29. The molecule has 8 heteroatoms. The van der Waals surface area contributed by atoms with Crippen LogP contribution in [0.1, 0.15) is 36.0 Å². The molecule has 0 unspecified atom stereocenters. The molecule has 2 amide bonds. The summed E-state index contributed by atoms with van der Waals surface area (Å²) in [5.41, 5.74) is 0.996. The summed E-state index contributed by atoms with van der Waals surface area (Å²) in [5.74, 6) is 1.34. The molecule has 0 saturated carbocycles. The molecule has 1 aromatic carbocycles. The number of rotatable bonds is 4. The summed E-state index contributed by atoms with van der Waals surface area (Å²) in [7, 11) is 0. The Morgan fingerprint density at radius 2 is 2.12 bits per heavy atom. The molecule has 0 radical (unpaired) electrons. The second-order valence-corrected chi connectivity index (χ2v) is 7.10. The van der Waals surface area contributed by atoms with Crippen LogP contribution < -0.4 is 5.32 Å². The van der Waals surface area contributed by atoms with Gasteiger partial charge in [-0.05, 0) is 49.9 Å². The molecule has 0 bridgehead atoms. The van der Waals surface area contributed by atoms with Crippen molar-refractivity contribution in [3.05, 3.63) is 45.5 Å². The van der Waals surface area contributed by atoms with Gasteiger partial charge in [-0.2, -0.15) is 4.98 Å². The van der Waals surface area contributed by atoms with E-state index in [0.29, 0.717) is 41.3 Å². The molecule has 1 N–H and O–H groups in total. The molecule has 25 heavy (non-hydrogen) atoms. The number of nitrogens with zero attached hydrogens (tertiary/aromatic N) is 3. The number of hydrogen-bond acceptors (Lipinski definition) is 4. The fourth-order valence-electron chi connectivity index (χ4n) is 3.02. The molecule has 0 spiro atoms. The van der Waals surface area contributed by atoms with E-state index in [1.807, 2.05) is 12.1 Å². The Morgan fingerprint density at radius 3 is 2.80 bits per heavy atom. The van der Waals surface area contributed by atoms with Crippen LogP contribution >= 0.6 is 23.2 Å². The summed E-state index contributed by atoms with van der Waals surface area (Å²) in [6.07, 6.45) is 2.54. The number of piperidine rings is 1. The highest BCUT2D eigenvalue weighted by Gasteiger charge is 2.28. The zero-order valence-corrected chi connectivity index (χ0v) is 15.5. The van der Waals surface area contributed by atoms with E-state index >= 15 is 0 Å². The Labute approximate surface area is 156 Å². The number of likely N-dealkylation sites (tertiary alicyclic amines) is 1. The maximum atomic E-state index is 12.4. The van der Waals surface area contributed by atoms with Gasteiger partial charge in [0.2, 0.25) is 5.89 Å². The van der Waals surface area contributed by atoms with Crippen LogP contribution in [-0.4, -0.2) is 40.7 Å². The minimum absolute atomic E-state index is 0.0749. The summed E-state index contributed by atoms with van der Waals surface area (Å²) >= 11 is 12.0. The van der Waals surface area contributed by atoms with Crippen molar-refractivity contribution in [2.24, 2.45) is 0 Å². The first-order valence-corrected chi connectivity index (χ1v) is 9.05. The normalized spacial score (nSPS) is 17.6. The first-order chi connectivity index (χ1) is 12.0. The molecule has 3 rings (SSSR count). The lowest BCUT2D eigenvalue weighted by Gasteiger charge is -2.31. The zero-order valence-electron chi connectivity index (χ0n) is 14.0. The number of urea groups is 1. The van der Waals surface area contributed by atoms with Crippen molar-refractivity contribution in [1.29, 1.82) is 0 Å². The van der Waals surface area contributed by atoms with E-state index in [2.05, 4.69) is 15.5 Å². The molecule has 2 aromatic rings. The van der Waals surface area contributed by atoms with Gasteiger partial charge < -0.3 is 14.7 Å². The van der Waals surface area contributed by atoms with E-state index in [1.165, 1.54) is 0 Å². The lowest BCUT2D eigenvalue weighted by atomic mass is 9.98. The molecule has 6 nitrogen and oxygen atoms in total. The van der Waals surface area contributed by atoms with Gasteiger partial charge in [-0.25, -0.2) is 4.79 Å². The number of benzene rings is 1. The van der Waals surface area contributed by atoms with Gasteiger partial charge in [-0.1, -0.05) is 28.4 Å². The average molecular weight is 383 g/mol. The van der Waals surface area contributed by atoms with Gasteiger partial charge in [-0.15, -0.1) is 0 Å². The third-order valence-corrected chi connectivity index (χ3v) is 4.65. The van der Waals surface area contributed by atoms with E-state index in [9.17, 15) is 4.79 Å². The van der Waals surface area contributed by atoms with Crippen molar-refractivity contribution in [3.63, 3.8) is 0 Å². The minimum atomic E-state index is -0.0749. The van der Waals surface area contributed by atoms with E-state index < -0.39 is 0 Å². The third kappa shape index (κ3) is 4.86. The van der Waals surface area contributed by atoms with Crippen LogP contribution in [0.2, 0.25) is 10.0 Å². The smallest absolute Gasteiger partial charge is 0.317 e. The van der Waals surface area contributed by atoms with Crippen LogP contribution in [0.15, 0.2) is 22.7 Å². The van der Waals surface area contributed by atoms with Crippen molar-refractivity contribution in [3.8, 4) is 0 Å². The van der Waals surface area contributed by atoms with Crippen LogP contribution in [0.3, 0.4) is 0 Å². The average Bonchev–Trinajstić information content (AvgIpc) is 3.00. The molecule has 1 aliphatic rings. The number of amides is 2. The van der Waals surface area contributed by atoms with Crippen molar-refractivity contribution >= 4 is 29.2 Å². The van der Waals surface area contributed by atoms with Crippen LogP contribution in [0.4, 0.5) is 4.79 Å². The van der Waals surface area contributed by atoms with Gasteiger partial charge in [-0.3, -0.25) is 0 Å². The van der Waals surface area contributed by atoms with E-state index in [-0.39, 0.29) is 11.9 Å². The summed E-state index contributed by atoms with van der Waals surface area (Å²) < 4.78 is 5.25. The number of carbonyl (C=O) groups is 1. The standard InChI is InChI=1S/C17H20Cl2N4O2/c1-11-21-16(25-22-11)13-3-2-6-23(10-13)17(24)20-5-4-12-7-14(18)9-15(19)8-12/h7-9,13H,2-6,10H2,1H3,(H,20,24)/t13-/m1/s1. The summed E-state index contributed by atoms with van der Waals surface area (Å²) in [5, 5.41) is 7.98. The number of nitrogens with one attached hydrogen (secondary N) is 1. The quantitative estimate of drug-likeness (QED) is 0.872. The highest BCUT2D eigenvalue weighted by atomic mass is 35.5. The second-order valence-electron chi connectivity index (χ2n) is 6.22. The highest BCUT2D eigenvalue weighted by molar-refractivity contribution is 6.34. The van der Waals surface area contributed by atoms with Gasteiger partial charge in [0, 0.05) is 29.7 Å². The Balaban J connectivity index is 1.50. The third-order valence-electron chi connectivity index (χ3n) is 4.21. The fraction of sp³-hybridized carbons (Fsp3) is 0.471. The van der Waals surface area contributed by atoms with E-state index in [0.717, 1.165) is 24.9 Å². The SMILES string of the molecule is Cc1noc([C@@H]2CCCN(C(=O)NCCc3cc(Cl)cc(Cl)c3)C2)n1. The first kappa shape index (κ1) is 18.0. The summed E-state index contributed by atoms with van der Waals surface area (Å²) in [6, 6.07) is 5.33. The predicted molar refractivity (Wildman–Crippen MR) is 96.1 cm³/mol. The molecule has 1 saturated heterocycles. The van der Waals surface area contributed by atoms with Gasteiger partial charge in [0.05, 0.1) is 5.92 Å². The van der Waals surface area contributed by atoms with Gasteiger partial charge >= 0.3 is 6.03 Å². The van der Waals surface area contributed by atoms with Crippen molar-refractivity contribution in [2.75, 3.05) is 19.6 Å². The Hall–Kier alpha value is -1.79. The predicted octanol–water partition coefficient (Wildman–Crippen LogP) is 3.82. The molecule has 1 aromatic heterocycles. The Bertz CT molecular complexity index is 730. The van der Waals surface area contributed by atoms with Gasteiger partial charge in [0.15, 0.2) is 5.82 Å². The second kappa shape index (κ2) is 8.06. The topological polar surface area (TPSA) is 71.3 Å². The molecular weight excluding hydrogens is 363 g/mol. The lowest BCUT2D eigenvalue weighted by molar-refractivity contribution is 0.172. The highest BCUT2D eigenvalue weighted by Crippen LogP contribution is 2.25. The van der Waals surface area contributed by atoms with Crippen LogP contribution in [0, 0.1) is 6.92 Å². The maximum absolute atomic E-state index is 12.4. The van der Waals surface area contributed by atoms with E-state index in [1.54, 1.807) is 17.9 Å². The number of halogens is 2. The molecule has 1 atom stereocenters. The van der Waals surface area contributed by atoms with Crippen LogP contribution in [-0.2, 0) is 6.42 Å².